The maximum Gasteiger partial charge on any atom is 0.407 e. The molecule has 2 aliphatic heterocycles. The van der Waals surface area contributed by atoms with Gasteiger partial charge in [-0.15, -0.1) is 0 Å². The Labute approximate surface area is 289 Å². The summed E-state index contributed by atoms with van der Waals surface area (Å²) in [6.07, 6.45) is 4.16. The van der Waals surface area contributed by atoms with Gasteiger partial charge in [0.2, 0.25) is 11.8 Å². The molecule has 0 saturated carbocycles. The van der Waals surface area contributed by atoms with E-state index in [1.807, 2.05) is 32.0 Å². The monoisotopic (exact) mass is 682 g/mol. The first-order chi connectivity index (χ1) is 24.0. The van der Waals surface area contributed by atoms with Crippen LogP contribution < -0.4 is 16.0 Å². The number of H-pyrrole nitrogens is 1. The van der Waals surface area contributed by atoms with E-state index in [9.17, 15) is 14.4 Å². The summed E-state index contributed by atoms with van der Waals surface area (Å²) in [5.41, 5.74) is 3.93. The molecular formula is C38H40F2N6O4. The highest BCUT2D eigenvalue weighted by molar-refractivity contribution is 5.99. The normalized spacial score (nSPS) is 19.6. The highest BCUT2D eigenvalue weighted by Gasteiger charge is 2.45. The van der Waals surface area contributed by atoms with E-state index in [1.54, 1.807) is 42.6 Å². The molecule has 2 fully saturated rings. The van der Waals surface area contributed by atoms with Crippen molar-refractivity contribution in [1.29, 1.82) is 0 Å². The Hall–Kier alpha value is -5.10. The highest BCUT2D eigenvalue weighted by atomic mass is 19.3. The Kier molecular flexibility index (Phi) is 8.89. The van der Waals surface area contributed by atoms with E-state index in [0.29, 0.717) is 58.6 Å². The molecule has 3 atom stereocenters. The number of nitrogens with one attached hydrogen (secondary N) is 4. The Balaban J connectivity index is 1.09. The zero-order valence-electron chi connectivity index (χ0n) is 28.2. The predicted octanol–water partition coefficient (Wildman–Crippen LogP) is 6.60. The zero-order chi connectivity index (χ0) is 35.2. The first-order valence-electron chi connectivity index (χ1n) is 17.1. The van der Waals surface area contributed by atoms with Gasteiger partial charge in [-0.2, -0.15) is 8.78 Å². The van der Waals surface area contributed by atoms with Gasteiger partial charge in [-0.05, 0) is 84.7 Å². The molecule has 0 spiro atoms. The smallest absolute Gasteiger partial charge is 0.407 e. The van der Waals surface area contributed by atoms with E-state index in [0.717, 1.165) is 25.2 Å². The van der Waals surface area contributed by atoms with Crippen LogP contribution in [0.15, 0.2) is 66.9 Å². The van der Waals surface area contributed by atoms with Crippen molar-refractivity contribution in [2.24, 2.45) is 5.92 Å². The van der Waals surface area contributed by atoms with Crippen molar-refractivity contribution in [1.82, 2.24) is 25.5 Å². The average molecular weight is 683 g/mol. The number of anilines is 1. The maximum atomic E-state index is 16.1. The number of likely N-dealkylation sites (tertiary alicyclic amines) is 1. The van der Waals surface area contributed by atoms with Gasteiger partial charge in [-0.3, -0.25) is 9.59 Å². The molecule has 2 saturated heterocycles. The third-order valence-electron chi connectivity index (χ3n) is 10.00. The number of methoxy groups -OCH3 is 1. The summed E-state index contributed by atoms with van der Waals surface area (Å²) in [5.74, 6) is -3.32. The Morgan fingerprint density at radius 1 is 0.960 bits per heavy atom. The van der Waals surface area contributed by atoms with Crippen LogP contribution >= 0.6 is 0 Å². The molecule has 12 heteroatoms. The van der Waals surface area contributed by atoms with Crippen LogP contribution in [0.5, 0.6) is 0 Å². The quantitative estimate of drug-likeness (QED) is 0.166. The van der Waals surface area contributed by atoms with Crippen LogP contribution in [0, 0.1) is 5.92 Å². The molecular weight excluding hydrogens is 642 g/mol. The second kappa shape index (κ2) is 13.3. The number of alkyl halides is 2. The van der Waals surface area contributed by atoms with E-state index >= 15 is 8.78 Å². The van der Waals surface area contributed by atoms with E-state index in [-0.39, 0.29) is 34.9 Å². The molecule has 4 N–H and O–H groups in total. The molecule has 1 aromatic heterocycles. The number of carbonyl (C=O) groups excluding carboxylic acids is 3. The number of aromatic amines is 1. The summed E-state index contributed by atoms with van der Waals surface area (Å²) >= 11 is 0. The number of amides is 3. The summed E-state index contributed by atoms with van der Waals surface area (Å²) in [6.45, 7) is 4.94. The van der Waals surface area contributed by atoms with Gasteiger partial charge in [0.15, 0.2) is 0 Å². The van der Waals surface area contributed by atoms with Crippen LogP contribution in [-0.4, -0.2) is 65.1 Å². The lowest BCUT2D eigenvalue weighted by molar-refractivity contribution is -0.139. The number of hydrogen-bond acceptors (Lipinski definition) is 6. The van der Waals surface area contributed by atoms with Crippen molar-refractivity contribution in [2.45, 2.75) is 63.6 Å². The van der Waals surface area contributed by atoms with Gasteiger partial charge in [-0.1, -0.05) is 50.2 Å². The first kappa shape index (κ1) is 33.4. The van der Waals surface area contributed by atoms with Crippen molar-refractivity contribution in [3.05, 3.63) is 83.8 Å². The second-order valence-corrected chi connectivity index (χ2v) is 13.5. The maximum absolute atomic E-state index is 16.1. The second-order valence-electron chi connectivity index (χ2n) is 13.5. The van der Waals surface area contributed by atoms with Crippen molar-refractivity contribution >= 4 is 23.6 Å². The fourth-order valence-corrected chi connectivity index (χ4v) is 7.33. The van der Waals surface area contributed by atoms with Gasteiger partial charge in [0.1, 0.15) is 17.9 Å². The molecule has 3 amide bonds. The Morgan fingerprint density at radius 2 is 1.68 bits per heavy atom. The summed E-state index contributed by atoms with van der Waals surface area (Å²) in [7, 11) is 1.23. The lowest BCUT2D eigenvalue weighted by atomic mass is 9.98. The lowest BCUT2D eigenvalue weighted by Crippen LogP contribution is -2.54. The predicted molar refractivity (Wildman–Crippen MR) is 185 cm³/mol. The number of nitrogens with zero attached hydrogens (tertiary/aromatic N) is 2. The number of benzene rings is 3. The van der Waals surface area contributed by atoms with Gasteiger partial charge in [0.05, 0.1) is 25.0 Å². The fraction of sp³-hybridized carbons (Fsp3) is 0.368. The topological polar surface area (TPSA) is 128 Å². The summed E-state index contributed by atoms with van der Waals surface area (Å²) in [6, 6.07) is 15.8. The molecule has 10 nitrogen and oxygen atoms in total. The highest BCUT2D eigenvalue weighted by Crippen LogP contribution is 2.52. The number of halogens is 2. The number of aromatic nitrogens is 2. The molecule has 50 heavy (non-hydrogen) atoms. The van der Waals surface area contributed by atoms with Crippen LogP contribution in [-0.2, 0) is 20.2 Å². The van der Waals surface area contributed by atoms with Gasteiger partial charge < -0.3 is 30.6 Å². The molecule has 4 aromatic rings. The molecule has 7 rings (SSSR count). The summed E-state index contributed by atoms with van der Waals surface area (Å²) < 4.78 is 37.0. The Morgan fingerprint density at radius 3 is 2.38 bits per heavy atom. The van der Waals surface area contributed by atoms with E-state index in [2.05, 4.69) is 30.7 Å². The average Bonchev–Trinajstić information content (AvgIpc) is 3.94. The van der Waals surface area contributed by atoms with E-state index in [1.165, 1.54) is 18.1 Å². The van der Waals surface area contributed by atoms with E-state index in [4.69, 9.17) is 0 Å². The molecule has 1 aliphatic carbocycles. The first-order valence-corrected chi connectivity index (χ1v) is 17.1. The molecule has 3 heterocycles. The van der Waals surface area contributed by atoms with Crippen molar-refractivity contribution in [3.63, 3.8) is 0 Å². The molecule has 0 radical (unpaired) electrons. The number of ether oxygens (including phenoxy) is 1. The van der Waals surface area contributed by atoms with Crippen LogP contribution in [0.4, 0.5) is 19.3 Å². The number of carbonyl (C=O) groups is 3. The van der Waals surface area contributed by atoms with Crippen LogP contribution in [0.1, 0.15) is 62.5 Å². The number of hydrogen-bond donors (Lipinski definition) is 4. The number of fused-ring (bicyclic) bond motifs is 3. The molecule has 0 unspecified atom stereocenters. The van der Waals surface area contributed by atoms with Gasteiger partial charge in [0.25, 0.3) is 5.92 Å². The number of imidazole rings is 1. The van der Waals surface area contributed by atoms with Gasteiger partial charge in [0, 0.05) is 28.9 Å². The molecule has 0 bridgehead atoms. The van der Waals surface area contributed by atoms with E-state index < -0.39 is 24.1 Å². The zero-order valence-corrected chi connectivity index (χ0v) is 28.2. The Bertz CT molecular complexity index is 1950. The molecule has 3 aromatic carbocycles. The molecule has 260 valence electrons. The third kappa shape index (κ3) is 6.12. The van der Waals surface area contributed by atoms with Crippen molar-refractivity contribution in [3.8, 4) is 33.5 Å². The fourth-order valence-electron chi connectivity index (χ4n) is 7.33. The van der Waals surface area contributed by atoms with Gasteiger partial charge >= 0.3 is 6.09 Å². The minimum atomic E-state index is -3.21. The van der Waals surface area contributed by atoms with Crippen molar-refractivity contribution < 1.29 is 27.9 Å². The minimum absolute atomic E-state index is 0.0459. The standard InChI is InChI=1S/C38H40F2N6O4/c1-21(2)33(45-37(49)50-3)36(48)46-16-6-10-32(46)35(47)43-25-8-4-7-22(17-25)23-11-13-26-27-14-12-24(19-29(27)38(39,40)28(26)18-23)31-20-42-34(44-31)30-9-5-15-41-30/h4,7-8,11-14,17-21,30,32-33,41H,5-6,9-10,15-16H2,1-3H3,(H,42,44)(H,43,47)(H,45,49)/t30-,32-,33-/m0/s1. The number of alkyl carbamates (subject to hydrolysis) is 1. The lowest BCUT2D eigenvalue weighted by Gasteiger charge is -2.30. The van der Waals surface area contributed by atoms with Crippen LogP contribution in [0.2, 0.25) is 0 Å². The molecule has 3 aliphatic rings. The van der Waals surface area contributed by atoms with Crippen LogP contribution in [0.3, 0.4) is 0 Å². The SMILES string of the molecule is COC(=O)N[C@H](C(=O)N1CCC[C@H]1C(=O)Nc1cccc(-c2ccc3c(c2)C(F)(F)c2cc(-c4cnc([C@@H]5CCCN5)[nH]4)ccc2-3)c1)C(C)C. The van der Waals surface area contributed by atoms with Crippen LogP contribution in [0.25, 0.3) is 33.5 Å². The largest absolute Gasteiger partial charge is 0.453 e. The summed E-state index contributed by atoms with van der Waals surface area (Å²) in [5, 5.41) is 8.91. The van der Waals surface area contributed by atoms with Crippen molar-refractivity contribution in [2.75, 3.05) is 25.5 Å². The minimum Gasteiger partial charge on any atom is -0.453 e. The van der Waals surface area contributed by atoms with Gasteiger partial charge in [-0.25, -0.2) is 9.78 Å². The number of rotatable bonds is 8. The third-order valence-corrected chi connectivity index (χ3v) is 10.00. The summed E-state index contributed by atoms with van der Waals surface area (Å²) in [4.78, 5) is 48.1.